The fraction of sp³-hybridized carbons (Fsp3) is 0.714. The Hall–Kier alpha value is -1.40. The maximum atomic E-state index is 11.6. The van der Waals surface area contributed by atoms with Crippen LogP contribution < -0.4 is 10.3 Å². The second-order valence-corrected chi connectivity index (χ2v) is 5.95. The van der Waals surface area contributed by atoms with Crippen molar-refractivity contribution in [1.82, 2.24) is 14.5 Å². The lowest BCUT2D eigenvalue weighted by molar-refractivity contribution is -0.0116. The van der Waals surface area contributed by atoms with E-state index < -0.39 is 0 Å². The molecule has 2 saturated heterocycles. The summed E-state index contributed by atoms with van der Waals surface area (Å²) in [5.41, 5.74) is 0.413. The standard InChI is InChI=1S/C14H19N3O3/c1-9-7-17-12-6-10(20-14(17)15-13(9)18)11(19-12)8-16-4-2-3-5-16/h7,10-12H,2-6,8H2,1H3/t10-,11-,12-/m0/s1. The van der Waals surface area contributed by atoms with Crippen molar-refractivity contribution in [2.45, 2.75) is 44.6 Å². The molecule has 6 nitrogen and oxygen atoms in total. The van der Waals surface area contributed by atoms with Gasteiger partial charge in [0, 0.05) is 24.7 Å². The molecule has 6 heteroatoms. The molecule has 0 amide bonds. The van der Waals surface area contributed by atoms with Crippen LogP contribution in [-0.4, -0.2) is 46.3 Å². The first kappa shape index (κ1) is 12.3. The van der Waals surface area contributed by atoms with Crippen LogP contribution in [0.1, 0.15) is 31.1 Å². The third-order valence-corrected chi connectivity index (χ3v) is 4.47. The average Bonchev–Trinajstić information content (AvgIpc) is 3.03. The Bertz CT molecular complexity index is 580. The Morgan fingerprint density at radius 1 is 1.40 bits per heavy atom. The van der Waals surface area contributed by atoms with Crippen LogP contribution in [0.4, 0.5) is 0 Å². The molecule has 0 saturated carbocycles. The molecule has 3 atom stereocenters. The van der Waals surface area contributed by atoms with Gasteiger partial charge < -0.3 is 14.4 Å². The molecular formula is C14H19N3O3. The van der Waals surface area contributed by atoms with E-state index in [1.54, 1.807) is 13.1 Å². The molecule has 2 bridgehead atoms. The van der Waals surface area contributed by atoms with Gasteiger partial charge in [-0.1, -0.05) is 0 Å². The fourth-order valence-electron chi connectivity index (χ4n) is 3.36. The minimum atomic E-state index is -0.214. The van der Waals surface area contributed by atoms with Gasteiger partial charge in [0.15, 0.2) is 0 Å². The molecule has 108 valence electrons. The molecule has 4 heterocycles. The summed E-state index contributed by atoms with van der Waals surface area (Å²) in [5.74, 6) is 0. The highest BCUT2D eigenvalue weighted by Crippen LogP contribution is 2.38. The number of hydrogen-bond donors (Lipinski definition) is 0. The number of likely N-dealkylation sites (tertiary alicyclic amines) is 1. The zero-order valence-corrected chi connectivity index (χ0v) is 11.6. The van der Waals surface area contributed by atoms with E-state index in [0.29, 0.717) is 11.6 Å². The van der Waals surface area contributed by atoms with E-state index in [4.69, 9.17) is 9.47 Å². The van der Waals surface area contributed by atoms with Gasteiger partial charge >= 0.3 is 6.01 Å². The van der Waals surface area contributed by atoms with Gasteiger partial charge in [-0.15, -0.1) is 0 Å². The highest BCUT2D eigenvalue weighted by molar-refractivity contribution is 5.13. The molecule has 0 spiro atoms. The molecule has 0 unspecified atom stereocenters. The Morgan fingerprint density at radius 2 is 2.20 bits per heavy atom. The molecule has 20 heavy (non-hydrogen) atoms. The topological polar surface area (TPSA) is 56.6 Å². The molecule has 0 N–H and O–H groups in total. The SMILES string of the molecule is Cc1cn2c(nc1=O)O[C@H]1C[C@@H]2O[C@H]1CN1CCCC1. The van der Waals surface area contributed by atoms with Gasteiger partial charge in [-0.25, -0.2) is 0 Å². The summed E-state index contributed by atoms with van der Waals surface area (Å²) in [5, 5.41) is 0. The van der Waals surface area contributed by atoms with E-state index in [1.165, 1.54) is 12.8 Å². The monoisotopic (exact) mass is 277 g/mol. The highest BCUT2D eigenvalue weighted by Gasteiger charge is 2.43. The molecule has 2 fully saturated rings. The summed E-state index contributed by atoms with van der Waals surface area (Å²) in [6.07, 6.45) is 5.25. The quantitative estimate of drug-likeness (QED) is 0.796. The van der Waals surface area contributed by atoms with E-state index >= 15 is 0 Å². The molecule has 0 radical (unpaired) electrons. The summed E-state index contributed by atoms with van der Waals surface area (Å²) >= 11 is 0. The van der Waals surface area contributed by atoms with Crippen LogP contribution >= 0.6 is 0 Å². The van der Waals surface area contributed by atoms with Gasteiger partial charge in [0.25, 0.3) is 5.56 Å². The van der Waals surface area contributed by atoms with Crippen molar-refractivity contribution < 1.29 is 9.47 Å². The lowest BCUT2D eigenvalue weighted by Gasteiger charge is -2.25. The van der Waals surface area contributed by atoms with Crippen molar-refractivity contribution in [3.63, 3.8) is 0 Å². The number of aromatic nitrogens is 2. The Kier molecular flexibility index (Phi) is 2.82. The van der Waals surface area contributed by atoms with Crippen molar-refractivity contribution in [2.75, 3.05) is 19.6 Å². The average molecular weight is 277 g/mol. The van der Waals surface area contributed by atoms with Gasteiger partial charge in [-0.2, -0.15) is 4.98 Å². The Morgan fingerprint density at radius 3 is 3.00 bits per heavy atom. The summed E-state index contributed by atoms with van der Waals surface area (Å²) in [6, 6.07) is 0.408. The summed E-state index contributed by atoms with van der Waals surface area (Å²) in [6.45, 7) is 4.99. The predicted octanol–water partition coefficient (Wildman–Crippen LogP) is 0.696. The third-order valence-electron chi connectivity index (χ3n) is 4.47. The van der Waals surface area contributed by atoms with Crippen LogP contribution in [0.25, 0.3) is 0 Å². The first-order valence-electron chi connectivity index (χ1n) is 7.35. The second-order valence-electron chi connectivity index (χ2n) is 5.95. The first-order chi connectivity index (χ1) is 9.70. The maximum Gasteiger partial charge on any atom is 0.302 e. The lowest BCUT2D eigenvalue weighted by atomic mass is 10.1. The van der Waals surface area contributed by atoms with Crippen LogP contribution in [0.2, 0.25) is 0 Å². The number of aryl methyl sites for hydroxylation is 1. The summed E-state index contributed by atoms with van der Waals surface area (Å²) in [7, 11) is 0. The lowest BCUT2D eigenvalue weighted by Crippen LogP contribution is -2.38. The van der Waals surface area contributed by atoms with Crippen molar-refractivity contribution in [2.24, 2.45) is 0 Å². The first-order valence-corrected chi connectivity index (χ1v) is 7.35. The molecule has 1 aromatic heterocycles. The second kappa shape index (κ2) is 4.56. The van der Waals surface area contributed by atoms with Crippen molar-refractivity contribution in [3.8, 4) is 6.01 Å². The van der Waals surface area contributed by atoms with Crippen molar-refractivity contribution in [3.05, 3.63) is 22.1 Å². The van der Waals surface area contributed by atoms with E-state index in [1.807, 2.05) is 4.57 Å². The van der Waals surface area contributed by atoms with Crippen LogP contribution in [0.5, 0.6) is 6.01 Å². The number of hydrogen-bond acceptors (Lipinski definition) is 5. The zero-order valence-electron chi connectivity index (χ0n) is 11.6. The fourth-order valence-corrected chi connectivity index (χ4v) is 3.36. The number of ether oxygens (including phenoxy) is 2. The third kappa shape index (κ3) is 1.94. The van der Waals surface area contributed by atoms with Crippen LogP contribution in [0.3, 0.4) is 0 Å². The van der Waals surface area contributed by atoms with Crippen LogP contribution in [-0.2, 0) is 4.74 Å². The highest BCUT2D eigenvalue weighted by atomic mass is 16.6. The Labute approximate surface area is 117 Å². The van der Waals surface area contributed by atoms with Crippen molar-refractivity contribution in [1.29, 1.82) is 0 Å². The summed E-state index contributed by atoms with van der Waals surface area (Å²) < 4.78 is 13.9. The predicted molar refractivity (Wildman–Crippen MR) is 71.9 cm³/mol. The van der Waals surface area contributed by atoms with Crippen LogP contribution in [0.15, 0.2) is 11.0 Å². The Balaban J connectivity index is 1.57. The minimum Gasteiger partial charge on any atom is -0.458 e. The molecule has 3 aliphatic rings. The molecule has 3 aliphatic heterocycles. The van der Waals surface area contributed by atoms with Gasteiger partial charge in [0.05, 0.1) is 0 Å². The number of fused-ring (bicyclic) bond motifs is 4. The smallest absolute Gasteiger partial charge is 0.302 e. The zero-order chi connectivity index (χ0) is 13.7. The number of rotatable bonds is 2. The molecular weight excluding hydrogens is 258 g/mol. The van der Waals surface area contributed by atoms with E-state index in [9.17, 15) is 4.79 Å². The molecule has 1 aromatic rings. The van der Waals surface area contributed by atoms with Gasteiger partial charge in [0.1, 0.15) is 18.4 Å². The van der Waals surface area contributed by atoms with E-state index in [0.717, 1.165) is 26.1 Å². The van der Waals surface area contributed by atoms with Gasteiger partial charge in [0.2, 0.25) is 0 Å². The largest absolute Gasteiger partial charge is 0.458 e. The van der Waals surface area contributed by atoms with Crippen molar-refractivity contribution >= 4 is 0 Å². The summed E-state index contributed by atoms with van der Waals surface area (Å²) in [4.78, 5) is 18.1. The van der Waals surface area contributed by atoms with Gasteiger partial charge in [-0.05, 0) is 32.9 Å². The van der Waals surface area contributed by atoms with E-state index in [-0.39, 0.29) is 24.0 Å². The minimum absolute atomic E-state index is 0.0233. The maximum absolute atomic E-state index is 11.6. The molecule has 0 aliphatic carbocycles. The molecule has 4 rings (SSSR count). The van der Waals surface area contributed by atoms with Gasteiger partial charge in [-0.3, -0.25) is 9.36 Å². The van der Waals surface area contributed by atoms with E-state index in [2.05, 4.69) is 9.88 Å². The normalized spacial score (nSPS) is 32.1. The number of nitrogens with zero attached hydrogens (tertiary/aromatic N) is 3. The molecule has 0 aromatic carbocycles. The van der Waals surface area contributed by atoms with Crippen LogP contribution in [0, 0.1) is 6.92 Å².